The van der Waals surface area contributed by atoms with Crippen molar-refractivity contribution in [1.82, 2.24) is 0 Å². The van der Waals surface area contributed by atoms with Gasteiger partial charge in [0, 0.05) is 0 Å². The summed E-state index contributed by atoms with van der Waals surface area (Å²) < 4.78 is 48.5. The van der Waals surface area contributed by atoms with E-state index in [1.54, 1.807) is 13.0 Å². The van der Waals surface area contributed by atoms with E-state index in [4.69, 9.17) is 28.6 Å². The summed E-state index contributed by atoms with van der Waals surface area (Å²) >= 11 is 12.1. The number of thiocarbonyl (C=S) groups is 1. The van der Waals surface area contributed by atoms with Crippen molar-refractivity contribution in [2.24, 2.45) is 0 Å². The number of amides is 1. The molecule has 0 radical (unpaired) electrons. The van der Waals surface area contributed by atoms with Gasteiger partial charge in [0.15, 0.2) is 15.8 Å². The molecule has 1 aliphatic heterocycles. The van der Waals surface area contributed by atoms with Crippen LogP contribution in [0.25, 0.3) is 6.08 Å². The van der Waals surface area contributed by atoms with E-state index in [0.29, 0.717) is 16.2 Å². The monoisotopic (exact) mass is 459 g/mol. The van der Waals surface area contributed by atoms with Gasteiger partial charge in [-0.1, -0.05) is 41.6 Å². The molecule has 0 bridgehead atoms. The van der Waals surface area contributed by atoms with Crippen molar-refractivity contribution < 1.29 is 27.4 Å². The molecule has 2 aromatic rings. The molecule has 10 heteroatoms. The molecule has 1 aliphatic rings. The summed E-state index contributed by atoms with van der Waals surface area (Å²) in [7, 11) is 0. The molecule has 0 N–H and O–H groups in total. The third-order valence-corrected chi connectivity index (χ3v) is 5.33. The number of hydrogen-bond acceptors (Lipinski definition) is 5. The van der Waals surface area contributed by atoms with Crippen LogP contribution >= 0.6 is 35.6 Å². The summed E-state index contributed by atoms with van der Waals surface area (Å²) in [4.78, 5) is 14.3. The highest BCUT2D eigenvalue weighted by Crippen LogP contribution is 2.38. The van der Waals surface area contributed by atoms with Crippen LogP contribution in [0, 0.1) is 5.82 Å². The third-order valence-electron chi connectivity index (χ3n) is 3.74. The van der Waals surface area contributed by atoms with Gasteiger partial charge in [0.25, 0.3) is 5.91 Å². The number of rotatable bonds is 6. The molecule has 4 nitrogen and oxygen atoms in total. The maximum atomic E-state index is 13.4. The maximum absolute atomic E-state index is 13.4. The predicted molar refractivity (Wildman–Crippen MR) is 111 cm³/mol. The van der Waals surface area contributed by atoms with E-state index < -0.39 is 18.3 Å². The van der Waals surface area contributed by atoms with E-state index in [1.165, 1.54) is 35.2 Å². The lowest BCUT2D eigenvalue weighted by Gasteiger charge is -2.14. The van der Waals surface area contributed by atoms with Crippen molar-refractivity contribution in [3.63, 3.8) is 0 Å². The van der Waals surface area contributed by atoms with E-state index in [2.05, 4.69) is 4.74 Å². The zero-order chi connectivity index (χ0) is 21.1. The van der Waals surface area contributed by atoms with Gasteiger partial charge in [0.1, 0.15) is 5.82 Å². The molecule has 1 fully saturated rings. The zero-order valence-electron chi connectivity index (χ0n) is 14.8. The van der Waals surface area contributed by atoms with Crippen LogP contribution in [0.1, 0.15) is 12.5 Å². The molecule has 1 saturated heterocycles. The summed E-state index contributed by atoms with van der Waals surface area (Å²) in [5, 5.41) is -0.128. The molecule has 0 aromatic heterocycles. The van der Waals surface area contributed by atoms with E-state index in [-0.39, 0.29) is 27.4 Å². The number of carbonyl (C=O) groups excluding carboxylic acids is 1. The Morgan fingerprint density at radius 3 is 2.66 bits per heavy atom. The first kappa shape index (κ1) is 21.5. The second kappa shape index (κ2) is 9.06. The van der Waals surface area contributed by atoms with E-state index in [1.807, 2.05) is 0 Å². The van der Waals surface area contributed by atoms with Gasteiger partial charge in [-0.3, -0.25) is 9.69 Å². The lowest BCUT2D eigenvalue weighted by atomic mass is 10.2. The number of halogens is 4. The number of hydrogen-bond donors (Lipinski definition) is 0. The van der Waals surface area contributed by atoms with Crippen molar-refractivity contribution in [3.8, 4) is 11.5 Å². The summed E-state index contributed by atoms with van der Waals surface area (Å²) in [6.45, 7) is -1.03. The Bertz CT molecular complexity index is 1000. The topological polar surface area (TPSA) is 38.8 Å². The molecular formula is C19H13ClF3NO3S2. The molecule has 2 aromatic carbocycles. The summed E-state index contributed by atoms with van der Waals surface area (Å²) in [5.41, 5.74) is 0.880. The van der Waals surface area contributed by atoms with Crippen LogP contribution in [0.4, 0.5) is 18.9 Å². The Kier molecular flexibility index (Phi) is 6.71. The molecular weight excluding hydrogens is 447 g/mol. The lowest BCUT2D eigenvalue weighted by molar-refractivity contribution is -0.113. The quantitative estimate of drug-likeness (QED) is 0.398. The number of benzene rings is 2. The molecule has 0 spiro atoms. The standard InChI is InChI=1S/C19H13ClF3NO3S2/c1-2-26-15-7-10(3-6-14(15)27-18(22)23)8-16-17(25)24(19(28)29-16)11-4-5-13(21)12(20)9-11/h3-9,18H,2H2,1H3/b16-8-. The lowest BCUT2D eigenvalue weighted by Crippen LogP contribution is -2.27. The smallest absolute Gasteiger partial charge is 0.387 e. The fraction of sp³-hybridized carbons (Fsp3) is 0.158. The van der Waals surface area contributed by atoms with Crippen LogP contribution in [0.2, 0.25) is 5.02 Å². The van der Waals surface area contributed by atoms with Gasteiger partial charge in [-0.05, 0) is 48.9 Å². The number of nitrogens with zero attached hydrogens (tertiary/aromatic N) is 1. The number of carbonyl (C=O) groups is 1. The first-order chi connectivity index (χ1) is 13.8. The number of thioether (sulfide) groups is 1. The van der Waals surface area contributed by atoms with Crippen LogP contribution in [0.15, 0.2) is 41.3 Å². The number of ether oxygens (including phenoxy) is 2. The third kappa shape index (κ3) is 4.85. The van der Waals surface area contributed by atoms with Crippen molar-refractivity contribution in [2.75, 3.05) is 11.5 Å². The largest absolute Gasteiger partial charge is 0.490 e. The summed E-state index contributed by atoms with van der Waals surface area (Å²) in [6, 6.07) is 8.20. The molecule has 29 heavy (non-hydrogen) atoms. The van der Waals surface area contributed by atoms with Gasteiger partial charge in [-0.25, -0.2) is 4.39 Å². The first-order valence-corrected chi connectivity index (χ1v) is 9.85. The van der Waals surface area contributed by atoms with Crippen molar-refractivity contribution in [2.45, 2.75) is 13.5 Å². The highest BCUT2D eigenvalue weighted by atomic mass is 35.5. The Hall–Kier alpha value is -2.23. The van der Waals surface area contributed by atoms with Crippen molar-refractivity contribution >= 4 is 57.6 Å². The van der Waals surface area contributed by atoms with E-state index in [9.17, 15) is 18.0 Å². The molecule has 0 unspecified atom stereocenters. The van der Waals surface area contributed by atoms with E-state index >= 15 is 0 Å². The Morgan fingerprint density at radius 2 is 2.00 bits per heavy atom. The van der Waals surface area contributed by atoms with Crippen molar-refractivity contribution in [3.05, 3.63) is 57.7 Å². The predicted octanol–water partition coefficient (Wildman–Crippen LogP) is 5.89. The Balaban J connectivity index is 1.90. The van der Waals surface area contributed by atoms with Gasteiger partial charge >= 0.3 is 6.61 Å². The van der Waals surface area contributed by atoms with Gasteiger partial charge in [-0.2, -0.15) is 8.78 Å². The van der Waals surface area contributed by atoms with Crippen LogP contribution in [0.5, 0.6) is 11.5 Å². The fourth-order valence-electron chi connectivity index (χ4n) is 2.54. The van der Waals surface area contributed by atoms with Gasteiger partial charge in [-0.15, -0.1) is 0 Å². The normalized spacial score (nSPS) is 15.5. The molecule has 1 amide bonds. The summed E-state index contributed by atoms with van der Waals surface area (Å²) in [5.74, 6) is -0.991. The average molecular weight is 460 g/mol. The molecule has 3 rings (SSSR count). The van der Waals surface area contributed by atoms with Crippen LogP contribution in [-0.2, 0) is 4.79 Å². The maximum Gasteiger partial charge on any atom is 0.387 e. The minimum Gasteiger partial charge on any atom is -0.490 e. The minimum atomic E-state index is -2.99. The minimum absolute atomic E-state index is 0.104. The Morgan fingerprint density at radius 1 is 1.24 bits per heavy atom. The highest BCUT2D eigenvalue weighted by Gasteiger charge is 2.33. The number of alkyl halides is 2. The summed E-state index contributed by atoms with van der Waals surface area (Å²) in [6.07, 6.45) is 1.55. The molecule has 152 valence electrons. The zero-order valence-corrected chi connectivity index (χ0v) is 17.2. The Labute approximate surface area is 179 Å². The fourth-order valence-corrected chi connectivity index (χ4v) is 4.02. The van der Waals surface area contributed by atoms with Crippen molar-refractivity contribution in [1.29, 1.82) is 0 Å². The molecule has 1 heterocycles. The van der Waals surface area contributed by atoms with Crippen LogP contribution < -0.4 is 14.4 Å². The molecule has 0 atom stereocenters. The van der Waals surface area contributed by atoms with Crippen LogP contribution in [0.3, 0.4) is 0 Å². The van der Waals surface area contributed by atoms with E-state index in [0.717, 1.165) is 17.8 Å². The SMILES string of the molecule is CCOc1cc(/C=C2\SC(=S)N(c3ccc(F)c(Cl)c3)C2=O)ccc1OC(F)F. The molecule has 0 saturated carbocycles. The molecule has 0 aliphatic carbocycles. The van der Waals surface area contributed by atoms with Crippen LogP contribution in [-0.4, -0.2) is 23.4 Å². The highest BCUT2D eigenvalue weighted by molar-refractivity contribution is 8.27. The second-order valence-corrected chi connectivity index (χ2v) is 7.72. The average Bonchev–Trinajstić information content (AvgIpc) is 2.93. The second-order valence-electron chi connectivity index (χ2n) is 5.63. The van der Waals surface area contributed by atoms with Gasteiger partial charge in [0.2, 0.25) is 0 Å². The number of anilines is 1. The van der Waals surface area contributed by atoms with Gasteiger partial charge in [0.05, 0.1) is 22.2 Å². The first-order valence-electron chi connectivity index (χ1n) is 8.24. The van der Waals surface area contributed by atoms with Gasteiger partial charge < -0.3 is 9.47 Å².